The second-order valence-corrected chi connectivity index (χ2v) is 7.21. The fraction of sp³-hybridized carbons (Fsp3) is 1.00. The molecular weight excluding hydrogens is 342 g/mol. The number of hydrogen-bond acceptors (Lipinski definition) is 9. The van der Waals surface area contributed by atoms with Gasteiger partial charge in [-0.25, -0.2) is 0 Å². The lowest BCUT2D eigenvalue weighted by Crippen LogP contribution is -2.62. The van der Waals surface area contributed by atoms with E-state index in [-0.39, 0.29) is 0 Å². The summed E-state index contributed by atoms with van der Waals surface area (Å²) in [5, 5.41) is 6.87. The number of nitrogens with two attached hydrogens (primary N) is 4. The van der Waals surface area contributed by atoms with Gasteiger partial charge < -0.3 is 33.6 Å². The van der Waals surface area contributed by atoms with Crippen LogP contribution in [0.4, 0.5) is 0 Å². The molecule has 1 aliphatic rings. The van der Waals surface area contributed by atoms with Gasteiger partial charge in [0.05, 0.1) is 6.17 Å². The Kier molecular flexibility index (Phi) is 15.2. The van der Waals surface area contributed by atoms with E-state index in [0.29, 0.717) is 19.3 Å². The van der Waals surface area contributed by atoms with Crippen molar-refractivity contribution in [3.8, 4) is 0 Å². The molecule has 9 heteroatoms. The molecule has 9 nitrogen and oxygen atoms in total. The maximum absolute atomic E-state index is 5.78. The second-order valence-electron chi connectivity index (χ2n) is 7.21. The van der Waals surface area contributed by atoms with Gasteiger partial charge in [-0.05, 0) is 32.5 Å². The van der Waals surface area contributed by atoms with Gasteiger partial charge in [0.25, 0.3) is 0 Å². The van der Waals surface area contributed by atoms with Crippen LogP contribution in [0.5, 0.6) is 0 Å². The molecule has 0 amide bonds. The smallest absolute Gasteiger partial charge is 0.0755 e. The molecular formula is C18H45N9. The molecule has 0 aliphatic carbocycles. The Labute approximate surface area is 166 Å². The zero-order chi connectivity index (χ0) is 19.7. The largest absolute Gasteiger partial charge is 0.330 e. The Balaban J connectivity index is 2.69. The van der Waals surface area contributed by atoms with Gasteiger partial charge in [-0.2, -0.15) is 0 Å². The van der Waals surface area contributed by atoms with Gasteiger partial charge in [-0.1, -0.05) is 0 Å². The Bertz CT molecular complexity index is 320. The van der Waals surface area contributed by atoms with Crippen molar-refractivity contribution in [1.82, 2.24) is 25.3 Å². The number of nitrogens with one attached hydrogen (secondary N) is 2. The van der Waals surface area contributed by atoms with Gasteiger partial charge in [0.2, 0.25) is 0 Å². The lowest BCUT2D eigenvalue weighted by molar-refractivity contribution is -0.0217. The van der Waals surface area contributed by atoms with E-state index in [1.54, 1.807) is 0 Å². The average molecular weight is 388 g/mol. The maximum atomic E-state index is 5.78. The highest BCUT2D eigenvalue weighted by Crippen LogP contribution is 2.14. The van der Waals surface area contributed by atoms with Crippen LogP contribution >= 0.6 is 0 Å². The third-order valence-corrected chi connectivity index (χ3v) is 5.09. The van der Waals surface area contributed by atoms with E-state index < -0.39 is 0 Å². The Morgan fingerprint density at radius 2 is 1.33 bits per heavy atom. The monoisotopic (exact) mass is 387 g/mol. The third kappa shape index (κ3) is 10.7. The first-order valence-electron chi connectivity index (χ1n) is 10.7. The number of rotatable bonds is 17. The van der Waals surface area contributed by atoms with Gasteiger partial charge in [0, 0.05) is 78.5 Å². The summed E-state index contributed by atoms with van der Waals surface area (Å²) in [5.41, 5.74) is 22.7. The predicted octanol–water partition coefficient (Wildman–Crippen LogP) is -2.97. The zero-order valence-corrected chi connectivity index (χ0v) is 17.2. The van der Waals surface area contributed by atoms with Crippen LogP contribution in [0.3, 0.4) is 0 Å². The lowest BCUT2D eigenvalue weighted by Gasteiger charge is -2.47. The molecule has 1 aliphatic heterocycles. The molecule has 0 bridgehead atoms. The first-order chi connectivity index (χ1) is 13.3. The molecule has 1 fully saturated rings. The highest BCUT2D eigenvalue weighted by molar-refractivity contribution is 4.84. The first kappa shape index (κ1) is 24.7. The highest BCUT2D eigenvalue weighted by atomic mass is 15.4. The Hall–Kier alpha value is -0.360. The standard InChI is InChI=1S/C18H45N9/c19-3-1-11-25-15-16-26(12-2-4-20)18(17-25)27(13-9-23-7-5-21)14-10-24-8-6-22/h18,23-24H,1-17,19-22H2. The molecule has 162 valence electrons. The van der Waals surface area contributed by atoms with Crippen molar-refractivity contribution in [1.29, 1.82) is 0 Å². The molecule has 1 heterocycles. The Morgan fingerprint density at radius 3 is 1.89 bits per heavy atom. The van der Waals surface area contributed by atoms with Gasteiger partial charge in [0.15, 0.2) is 0 Å². The average Bonchev–Trinajstić information content (AvgIpc) is 2.70. The van der Waals surface area contributed by atoms with E-state index in [4.69, 9.17) is 22.9 Å². The van der Waals surface area contributed by atoms with Crippen molar-refractivity contribution >= 4 is 0 Å². The van der Waals surface area contributed by atoms with Gasteiger partial charge >= 0.3 is 0 Å². The normalized spacial score (nSPS) is 19.2. The van der Waals surface area contributed by atoms with E-state index in [1.165, 1.54) is 0 Å². The van der Waals surface area contributed by atoms with Gasteiger partial charge in [0.1, 0.15) is 0 Å². The molecule has 0 saturated carbocycles. The number of nitrogens with zero attached hydrogens (tertiary/aromatic N) is 3. The molecule has 0 radical (unpaired) electrons. The molecule has 0 aromatic rings. The van der Waals surface area contributed by atoms with Crippen molar-refractivity contribution in [3.05, 3.63) is 0 Å². The van der Waals surface area contributed by atoms with E-state index >= 15 is 0 Å². The highest BCUT2D eigenvalue weighted by Gasteiger charge is 2.30. The van der Waals surface area contributed by atoms with Crippen molar-refractivity contribution in [2.45, 2.75) is 19.0 Å². The van der Waals surface area contributed by atoms with E-state index in [0.717, 1.165) is 97.9 Å². The molecule has 27 heavy (non-hydrogen) atoms. The summed E-state index contributed by atoms with van der Waals surface area (Å²) < 4.78 is 0. The summed E-state index contributed by atoms with van der Waals surface area (Å²) in [6, 6.07) is 0. The minimum Gasteiger partial charge on any atom is -0.330 e. The van der Waals surface area contributed by atoms with E-state index in [1.807, 2.05) is 0 Å². The molecule has 1 rings (SSSR count). The van der Waals surface area contributed by atoms with Crippen molar-refractivity contribution in [3.63, 3.8) is 0 Å². The quantitative estimate of drug-likeness (QED) is 0.144. The minimum atomic E-state index is 0.419. The summed E-state index contributed by atoms with van der Waals surface area (Å²) in [4.78, 5) is 7.76. The van der Waals surface area contributed by atoms with Crippen molar-refractivity contribution in [2.24, 2.45) is 22.9 Å². The van der Waals surface area contributed by atoms with Gasteiger partial charge in [-0.3, -0.25) is 14.7 Å². The fourth-order valence-corrected chi connectivity index (χ4v) is 3.59. The molecule has 0 aromatic carbocycles. The van der Waals surface area contributed by atoms with Crippen LogP contribution in [-0.4, -0.2) is 119 Å². The van der Waals surface area contributed by atoms with Crippen LogP contribution in [0.2, 0.25) is 0 Å². The van der Waals surface area contributed by atoms with Crippen molar-refractivity contribution in [2.75, 3.05) is 98.2 Å². The summed E-state index contributed by atoms with van der Waals surface area (Å²) in [7, 11) is 0. The van der Waals surface area contributed by atoms with Crippen LogP contribution in [0.1, 0.15) is 12.8 Å². The van der Waals surface area contributed by atoms with Crippen LogP contribution in [0, 0.1) is 0 Å². The topological polar surface area (TPSA) is 138 Å². The SMILES string of the molecule is NCCCN1CCN(CCCN)C(N(CCNCCN)CCNCCN)C1. The van der Waals surface area contributed by atoms with E-state index in [2.05, 4.69) is 25.3 Å². The van der Waals surface area contributed by atoms with Crippen molar-refractivity contribution < 1.29 is 0 Å². The third-order valence-electron chi connectivity index (χ3n) is 5.09. The molecule has 1 saturated heterocycles. The molecule has 10 N–H and O–H groups in total. The zero-order valence-electron chi connectivity index (χ0n) is 17.2. The van der Waals surface area contributed by atoms with Crippen LogP contribution < -0.4 is 33.6 Å². The summed E-state index contributed by atoms with van der Waals surface area (Å²) >= 11 is 0. The molecule has 0 aromatic heterocycles. The fourth-order valence-electron chi connectivity index (χ4n) is 3.59. The van der Waals surface area contributed by atoms with Gasteiger partial charge in [-0.15, -0.1) is 0 Å². The molecule has 1 atom stereocenters. The minimum absolute atomic E-state index is 0.419. The molecule has 1 unspecified atom stereocenters. The summed E-state index contributed by atoms with van der Waals surface area (Å²) in [5.74, 6) is 0. The van der Waals surface area contributed by atoms with Crippen LogP contribution in [0.25, 0.3) is 0 Å². The molecule has 0 spiro atoms. The number of piperazine rings is 1. The summed E-state index contributed by atoms with van der Waals surface area (Å²) in [6.45, 7) is 14.0. The number of hydrogen-bond donors (Lipinski definition) is 6. The van der Waals surface area contributed by atoms with Crippen LogP contribution in [-0.2, 0) is 0 Å². The lowest BCUT2D eigenvalue weighted by atomic mass is 10.2. The maximum Gasteiger partial charge on any atom is 0.0755 e. The predicted molar refractivity (Wildman–Crippen MR) is 115 cm³/mol. The van der Waals surface area contributed by atoms with E-state index in [9.17, 15) is 0 Å². The summed E-state index contributed by atoms with van der Waals surface area (Å²) in [6.07, 6.45) is 2.53. The van der Waals surface area contributed by atoms with Crippen LogP contribution in [0.15, 0.2) is 0 Å². The second kappa shape index (κ2) is 16.6. The Morgan fingerprint density at radius 1 is 0.741 bits per heavy atom. The first-order valence-corrected chi connectivity index (χ1v) is 10.7.